The van der Waals surface area contributed by atoms with Gasteiger partial charge in [-0.25, -0.2) is 0 Å². The summed E-state index contributed by atoms with van der Waals surface area (Å²) in [5.74, 6) is 0.526. The molecule has 1 saturated carbocycles. The van der Waals surface area contributed by atoms with E-state index in [1.165, 1.54) is 6.42 Å². The number of carbonyl (C=O) groups excluding carboxylic acids is 2. The molecule has 0 aromatic heterocycles. The number of amides is 2. The van der Waals surface area contributed by atoms with Crippen LogP contribution in [0.15, 0.2) is 0 Å². The molecule has 0 bridgehead atoms. The summed E-state index contributed by atoms with van der Waals surface area (Å²) >= 11 is 0. The highest BCUT2D eigenvalue weighted by Crippen LogP contribution is 2.39. The summed E-state index contributed by atoms with van der Waals surface area (Å²) in [4.78, 5) is 26.5. The predicted octanol–water partition coefficient (Wildman–Crippen LogP) is 2.33. The fourth-order valence-electron chi connectivity index (χ4n) is 3.68. The van der Waals surface area contributed by atoms with E-state index in [-0.39, 0.29) is 35.9 Å². The summed E-state index contributed by atoms with van der Waals surface area (Å²) in [5.41, 5.74) is 0.119. The zero-order valence-electron chi connectivity index (χ0n) is 13.2. The van der Waals surface area contributed by atoms with E-state index in [0.29, 0.717) is 5.92 Å². The fraction of sp³-hybridized carbons (Fsp3) is 0.875. The van der Waals surface area contributed by atoms with Crippen molar-refractivity contribution in [3.8, 4) is 0 Å². The van der Waals surface area contributed by atoms with Gasteiger partial charge in [0.25, 0.3) is 0 Å². The minimum absolute atomic E-state index is 0.00313. The first kappa shape index (κ1) is 15.3. The molecular weight excluding hydrogens is 252 g/mol. The molecule has 0 aromatic carbocycles. The monoisotopic (exact) mass is 280 g/mol. The molecule has 0 radical (unpaired) electrons. The molecule has 2 amide bonds. The first-order chi connectivity index (χ1) is 9.31. The summed E-state index contributed by atoms with van der Waals surface area (Å²) in [6.45, 7) is 8.87. The molecule has 1 saturated heterocycles. The van der Waals surface area contributed by atoms with Crippen LogP contribution in [0.3, 0.4) is 0 Å². The Balaban J connectivity index is 2.16. The largest absolute Gasteiger partial charge is 0.343 e. The Bertz CT molecular complexity index is 390. The number of rotatable bonds is 3. The highest BCUT2D eigenvalue weighted by molar-refractivity contribution is 5.95. The average molecular weight is 280 g/mol. The Morgan fingerprint density at radius 1 is 1.30 bits per heavy atom. The molecule has 0 aromatic rings. The molecular formula is C16H28N2O2. The lowest BCUT2D eigenvalue weighted by Crippen LogP contribution is -2.63. The van der Waals surface area contributed by atoms with Crippen molar-refractivity contribution in [2.24, 2.45) is 11.3 Å². The number of nitrogens with one attached hydrogen (secondary N) is 1. The smallest absolute Gasteiger partial charge is 0.245 e. The van der Waals surface area contributed by atoms with Gasteiger partial charge in [-0.1, -0.05) is 40.5 Å². The fourth-order valence-corrected chi connectivity index (χ4v) is 3.68. The van der Waals surface area contributed by atoms with E-state index in [1.54, 1.807) is 0 Å². The van der Waals surface area contributed by atoms with Gasteiger partial charge in [0, 0.05) is 6.04 Å². The van der Waals surface area contributed by atoms with Crippen molar-refractivity contribution in [2.45, 2.75) is 71.9 Å². The Morgan fingerprint density at radius 2 is 2.00 bits per heavy atom. The van der Waals surface area contributed by atoms with Crippen LogP contribution in [0.2, 0.25) is 0 Å². The molecule has 2 fully saturated rings. The lowest BCUT2D eigenvalue weighted by Gasteiger charge is -2.47. The maximum absolute atomic E-state index is 12.7. The summed E-state index contributed by atoms with van der Waals surface area (Å²) in [6, 6.07) is -0.113. The van der Waals surface area contributed by atoms with Gasteiger partial charge < -0.3 is 10.2 Å². The van der Waals surface area contributed by atoms with Crippen LogP contribution < -0.4 is 5.32 Å². The zero-order chi connectivity index (χ0) is 14.9. The molecule has 114 valence electrons. The van der Waals surface area contributed by atoms with Gasteiger partial charge in [0.1, 0.15) is 6.04 Å². The third kappa shape index (κ3) is 3.15. The van der Waals surface area contributed by atoms with Crippen LogP contribution >= 0.6 is 0 Å². The van der Waals surface area contributed by atoms with Crippen molar-refractivity contribution in [3.05, 3.63) is 0 Å². The van der Waals surface area contributed by atoms with Crippen molar-refractivity contribution < 1.29 is 9.59 Å². The molecule has 1 N–H and O–H groups in total. The molecule has 4 nitrogen and oxygen atoms in total. The minimum atomic E-state index is -0.325. The Hall–Kier alpha value is -1.06. The molecule has 20 heavy (non-hydrogen) atoms. The van der Waals surface area contributed by atoms with Crippen molar-refractivity contribution in [3.63, 3.8) is 0 Å². The number of nitrogens with zero attached hydrogens (tertiary/aromatic N) is 1. The van der Waals surface area contributed by atoms with Gasteiger partial charge in [-0.05, 0) is 30.6 Å². The number of hydrogen-bond acceptors (Lipinski definition) is 2. The molecule has 0 spiro atoms. The SMILES string of the molecule is CC(C)CC1NC(=O)CN(C2CCCCC2(C)C)C1=O. The normalized spacial score (nSPS) is 30.6. The highest BCUT2D eigenvalue weighted by atomic mass is 16.2. The second kappa shape index (κ2) is 5.74. The first-order valence-electron chi connectivity index (χ1n) is 7.91. The summed E-state index contributed by atoms with van der Waals surface area (Å²) in [5, 5.41) is 2.86. The Morgan fingerprint density at radius 3 is 2.60 bits per heavy atom. The molecule has 2 aliphatic rings. The van der Waals surface area contributed by atoms with E-state index >= 15 is 0 Å². The maximum atomic E-state index is 12.7. The van der Waals surface area contributed by atoms with Crippen LogP contribution in [0.25, 0.3) is 0 Å². The first-order valence-corrected chi connectivity index (χ1v) is 7.91. The number of hydrogen-bond donors (Lipinski definition) is 1. The minimum Gasteiger partial charge on any atom is -0.343 e. The molecule has 2 atom stereocenters. The molecule has 1 aliphatic carbocycles. The molecule has 4 heteroatoms. The number of piperazine rings is 1. The van der Waals surface area contributed by atoms with Gasteiger partial charge in [0.2, 0.25) is 11.8 Å². The van der Waals surface area contributed by atoms with Crippen LogP contribution in [-0.2, 0) is 9.59 Å². The average Bonchev–Trinajstić information content (AvgIpc) is 2.32. The van der Waals surface area contributed by atoms with E-state index in [0.717, 1.165) is 25.7 Å². The van der Waals surface area contributed by atoms with E-state index in [1.807, 2.05) is 4.90 Å². The predicted molar refractivity (Wildman–Crippen MR) is 79.1 cm³/mol. The highest BCUT2D eigenvalue weighted by Gasteiger charge is 2.43. The lowest BCUT2D eigenvalue weighted by atomic mass is 9.72. The second-order valence-electron chi connectivity index (χ2n) is 7.47. The van der Waals surface area contributed by atoms with Crippen molar-refractivity contribution in [1.82, 2.24) is 10.2 Å². The van der Waals surface area contributed by atoms with Gasteiger partial charge in [0.15, 0.2) is 0 Å². The van der Waals surface area contributed by atoms with Gasteiger partial charge in [-0.15, -0.1) is 0 Å². The Labute approximate surface area is 122 Å². The molecule has 2 unspecified atom stereocenters. The molecule has 1 heterocycles. The quantitative estimate of drug-likeness (QED) is 0.862. The third-order valence-electron chi connectivity index (χ3n) is 4.76. The van der Waals surface area contributed by atoms with E-state index < -0.39 is 0 Å². The van der Waals surface area contributed by atoms with E-state index in [4.69, 9.17) is 0 Å². The molecule has 2 rings (SSSR count). The third-order valence-corrected chi connectivity index (χ3v) is 4.76. The topological polar surface area (TPSA) is 49.4 Å². The summed E-state index contributed by atoms with van der Waals surface area (Å²) in [7, 11) is 0. The van der Waals surface area contributed by atoms with Crippen molar-refractivity contribution in [1.29, 1.82) is 0 Å². The van der Waals surface area contributed by atoms with E-state index in [2.05, 4.69) is 33.0 Å². The van der Waals surface area contributed by atoms with Crippen LogP contribution in [0, 0.1) is 11.3 Å². The maximum Gasteiger partial charge on any atom is 0.245 e. The van der Waals surface area contributed by atoms with Gasteiger partial charge in [-0.3, -0.25) is 9.59 Å². The number of carbonyl (C=O) groups is 2. The van der Waals surface area contributed by atoms with E-state index in [9.17, 15) is 9.59 Å². The van der Waals surface area contributed by atoms with Gasteiger partial charge in [0.05, 0.1) is 6.54 Å². The van der Waals surface area contributed by atoms with Crippen LogP contribution in [0.4, 0.5) is 0 Å². The lowest BCUT2D eigenvalue weighted by molar-refractivity contribution is -0.150. The van der Waals surface area contributed by atoms with Crippen molar-refractivity contribution >= 4 is 11.8 Å². The standard InChI is InChI=1S/C16H28N2O2/c1-11(2)9-12-15(20)18(10-14(19)17-12)13-7-5-6-8-16(13,3)4/h11-13H,5-10H2,1-4H3,(H,17,19). The van der Waals surface area contributed by atoms with Gasteiger partial charge in [-0.2, -0.15) is 0 Å². The summed E-state index contributed by atoms with van der Waals surface area (Å²) < 4.78 is 0. The second-order valence-corrected chi connectivity index (χ2v) is 7.47. The van der Waals surface area contributed by atoms with Crippen LogP contribution in [-0.4, -0.2) is 35.3 Å². The Kier molecular flexibility index (Phi) is 4.40. The summed E-state index contributed by atoms with van der Waals surface area (Å²) in [6.07, 6.45) is 5.29. The van der Waals surface area contributed by atoms with Crippen molar-refractivity contribution in [2.75, 3.05) is 6.54 Å². The zero-order valence-corrected chi connectivity index (χ0v) is 13.2. The van der Waals surface area contributed by atoms with Crippen LogP contribution in [0.5, 0.6) is 0 Å². The molecule has 1 aliphatic heterocycles. The van der Waals surface area contributed by atoms with Gasteiger partial charge >= 0.3 is 0 Å². The van der Waals surface area contributed by atoms with Crippen LogP contribution in [0.1, 0.15) is 59.8 Å².